The Bertz CT molecular complexity index is 757. The number of carbonyl (C=O) groups excluding carboxylic acids is 2. The molecule has 0 bridgehead atoms. The van der Waals surface area contributed by atoms with Crippen LogP contribution in [-0.4, -0.2) is 36.3 Å². The third-order valence-electron chi connectivity index (χ3n) is 4.74. The van der Waals surface area contributed by atoms with Crippen LogP contribution < -0.4 is 5.32 Å². The number of hydrogen-bond acceptors (Lipinski definition) is 2. The van der Waals surface area contributed by atoms with Crippen molar-refractivity contribution in [1.82, 2.24) is 10.2 Å². The Balaban J connectivity index is 1.83. The molecule has 0 aliphatic carbocycles. The Morgan fingerprint density at radius 2 is 1.70 bits per heavy atom. The second kappa shape index (κ2) is 9.86. The summed E-state index contributed by atoms with van der Waals surface area (Å²) in [5, 5.41) is 2.71. The molecule has 1 atom stereocenters. The van der Waals surface area contributed by atoms with E-state index in [9.17, 15) is 14.0 Å². The summed E-state index contributed by atoms with van der Waals surface area (Å²) >= 11 is 0. The van der Waals surface area contributed by atoms with Crippen LogP contribution in [-0.2, 0) is 11.2 Å². The van der Waals surface area contributed by atoms with E-state index in [1.54, 1.807) is 4.90 Å². The zero-order chi connectivity index (χ0) is 19.8. The quantitative estimate of drug-likeness (QED) is 0.770. The van der Waals surface area contributed by atoms with Crippen LogP contribution in [0.1, 0.15) is 41.3 Å². The van der Waals surface area contributed by atoms with E-state index in [1.807, 2.05) is 7.05 Å². The van der Waals surface area contributed by atoms with Crippen molar-refractivity contribution in [2.24, 2.45) is 0 Å². The van der Waals surface area contributed by atoms with Gasteiger partial charge in [0.1, 0.15) is 5.82 Å². The molecule has 144 valence electrons. The molecule has 27 heavy (non-hydrogen) atoms. The monoisotopic (exact) mass is 370 g/mol. The molecule has 0 unspecified atom stereocenters. The first-order valence-electron chi connectivity index (χ1n) is 9.25. The summed E-state index contributed by atoms with van der Waals surface area (Å²) in [5.41, 5.74) is 2.80. The minimum Gasteiger partial charge on any atom is -0.352 e. The van der Waals surface area contributed by atoms with Gasteiger partial charge in [-0.15, -0.1) is 0 Å². The Labute approximate surface area is 160 Å². The molecule has 0 saturated heterocycles. The third-order valence-corrected chi connectivity index (χ3v) is 4.74. The standard InChI is InChI=1S/C22H27FN2O2/c1-4-20(15-17-7-5-16(2)6-8-17)25(3)21(26)13-14-24-22(27)18-9-11-19(23)12-10-18/h5-12,20H,4,13-15H2,1-3H3,(H,24,27)/t20-/m0/s1. The summed E-state index contributed by atoms with van der Waals surface area (Å²) in [7, 11) is 1.81. The number of amides is 2. The maximum Gasteiger partial charge on any atom is 0.251 e. The Kier molecular flexibility index (Phi) is 7.53. The van der Waals surface area contributed by atoms with Crippen molar-refractivity contribution in [1.29, 1.82) is 0 Å². The van der Waals surface area contributed by atoms with Crippen molar-refractivity contribution in [2.75, 3.05) is 13.6 Å². The first kappa shape index (κ1) is 20.6. The fourth-order valence-electron chi connectivity index (χ4n) is 2.92. The van der Waals surface area contributed by atoms with Gasteiger partial charge < -0.3 is 10.2 Å². The van der Waals surface area contributed by atoms with E-state index in [4.69, 9.17) is 0 Å². The number of nitrogens with zero attached hydrogens (tertiary/aromatic N) is 1. The largest absolute Gasteiger partial charge is 0.352 e. The number of halogens is 1. The van der Waals surface area contributed by atoms with E-state index in [0.717, 1.165) is 12.8 Å². The summed E-state index contributed by atoms with van der Waals surface area (Å²) < 4.78 is 12.9. The minimum atomic E-state index is -0.387. The van der Waals surface area contributed by atoms with Gasteiger partial charge in [-0.05, 0) is 49.6 Å². The van der Waals surface area contributed by atoms with Gasteiger partial charge in [0, 0.05) is 31.6 Å². The van der Waals surface area contributed by atoms with Crippen LogP contribution in [0.3, 0.4) is 0 Å². The maximum atomic E-state index is 12.9. The molecule has 0 aliphatic heterocycles. The molecule has 2 aromatic carbocycles. The van der Waals surface area contributed by atoms with Gasteiger partial charge in [0.2, 0.25) is 5.91 Å². The Hall–Kier alpha value is -2.69. The maximum absolute atomic E-state index is 12.9. The Morgan fingerprint density at radius 1 is 1.07 bits per heavy atom. The molecular weight excluding hydrogens is 343 g/mol. The molecule has 0 fully saturated rings. The third kappa shape index (κ3) is 6.20. The van der Waals surface area contributed by atoms with Crippen LogP contribution in [0.5, 0.6) is 0 Å². The average Bonchev–Trinajstić information content (AvgIpc) is 2.67. The lowest BCUT2D eigenvalue weighted by Crippen LogP contribution is -2.39. The lowest BCUT2D eigenvalue weighted by molar-refractivity contribution is -0.131. The SMILES string of the molecule is CC[C@@H](Cc1ccc(C)cc1)N(C)C(=O)CCNC(=O)c1ccc(F)cc1. The van der Waals surface area contributed by atoms with Gasteiger partial charge >= 0.3 is 0 Å². The van der Waals surface area contributed by atoms with Gasteiger partial charge in [-0.3, -0.25) is 9.59 Å². The van der Waals surface area contributed by atoms with Crippen molar-refractivity contribution in [3.05, 3.63) is 71.0 Å². The molecule has 0 spiro atoms. The summed E-state index contributed by atoms with van der Waals surface area (Å²) in [6.07, 6.45) is 1.90. The molecule has 4 nitrogen and oxygen atoms in total. The molecule has 5 heteroatoms. The molecule has 0 aromatic heterocycles. The minimum absolute atomic E-state index is 0.00614. The molecule has 0 radical (unpaired) electrons. The second-order valence-electron chi connectivity index (χ2n) is 6.77. The van der Waals surface area contributed by atoms with Gasteiger partial charge in [-0.2, -0.15) is 0 Å². The zero-order valence-electron chi connectivity index (χ0n) is 16.2. The fraction of sp³-hybridized carbons (Fsp3) is 0.364. The van der Waals surface area contributed by atoms with Gasteiger partial charge in [-0.1, -0.05) is 36.8 Å². The van der Waals surface area contributed by atoms with Crippen LogP contribution in [0, 0.1) is 12.7 Å². The lowest BCUT2D eigenvalue weighted by Gasteiger charge is -2.27. The topological polar surface area (TPSA) is 49.4 Å². The van der Waals surface area contributed by atoms with Crippen LogP contribution in [0.2, 0.25) is 0 Å². The summed E-state index contributed by atoms with van der Waals surface area (Å²) in [4.78, 5) is 26.3. The molecule has 0 aliphatic rings. The fourth-order valence-corrected chi connectivity index (χ4v) is 2.92. The molecule has 2 aromatic rings. The number of nitrogens with one attached hydrogen (secondary N) is 1. The number of aryl methyl sites for hydroxylation is 1. The smallest absolute Gasteiger partial charge is 0.251 e. The average molecular weight is 370 g/mol. The van der Waals surface area contributed by atoms with Crippen molar-refractivity contribution in [3.63, 3.8) is 0 Å². The number of benzene rings is 2. The highest BCUT2D eigenvalue weighted by atomic mass is 19.1. The van der Waals surface area contributed by atoms with E-state index in [1.165, 1.54) is 35.4 Å². The molecular formula is C22H27FN2O2. The second-order valence-corrected chi connectivity index (χ2v) is 6.77. The molecule has 0 saturated carbocycles. The van der Waals surface area contributed by atoms with Crippen molar-refractivity contribution in [3.8, 4) is 0 Å². The van der Waals surface area contributed by atoms with E-state index in [2.05, 4.69) is 43.4 Å². The molecule has 1 N–H and O–H groups in total. The highest BCUT2D eigenvalue weighted by Crippen LogP contribution is 2.13. The van der Waals surface area contributed by atoms with Crippen LogP contribution in [0.4, 0.5) is 4.39 Å². The predicted molar refractivity (Wildman–Crippen MR) is 105 cm³/mol. The Morgan fingerprint density at radius 3 is 2.30 bits per heavy atom. The first-order chi connectivity index (χ1) is 12.9. The van der Waals surface area contributed by atoms with Gasteiger partial charge in [0.05, 0.1) is 0 Å². The van der Waals surface area contributed by atoms with Gasteiger partial charge in [-0.25, -0.2) is 4.39 Å². The highest BCUT2D eigenvalue weighted by Gasteiger charge is 2.19. The number of likely N-dealkylation sites (N-methyl/N-ethyl adjacent to an activating group) is 1. The first-order valence-corrected chi connectivity index (χ1v) is 9.25. The molecule has 0 heterocycles. The number of carbonyl (C=O) groups is 2. The lowest BCUT2D eigenvalue weighted by atomic mass is 10.0. The number of hydrogen-bond donors (Lipinski definition) is 1. The molecule has 2 rings (SSSR count). The van der Waals surface area contributed by atoms with E-state index >= 15 is 0 Å². The van der Waals surface area contributed by atoms with Crippen LogP contribution in [0.15, 0.2) is 48.5 Å². The van der Waals surface area contributed by atoms with Crippen molar-refractivity contribution in [2.45, 2.75) is 39.2 Å². The van der Waals surface area contributed by atoms with Crippen molar-refractivity contribution >= 4 is 11.8 Å². The highest BCUT2D eigenvalue weighted by molar-refractivity contribution is 5.94. The van der Waals surface area contributed by atoms with E-state index in [-0.39, 0.29) is 36.6 Å². The molecule has 2 amide bonds. The van der Waals surface area contributed by atoms with Crippen LogP contribution >= 0.6 is 0 Å². The predicted octanol–water partition coefficient (Wildman–Crippen LogP) is 3.73. The van der Waals surface area contributed by atoms with Crippen molar-refractivity contribution < 1.29 is 14.0 Å². The van der Waals surface area contributed by atoms with E-state index in [0.29, 0.717) is 5.56 Å². The zero-order valence-corrected chi connectivity index (χ0v) is 16.2. The summed E-state index contributed by atoms with van der Waals surface area (Å²) in [6.45, 7) is 4.37. The van der Waals surface area contributed by atoms with E-state index < -0.39 is 0 Å². The number of rotatable bonds is 8. The van der Waals surface area contributed by atoms with Crippen LogP contribution in [0.25, 0.3) is 0 Å². The van der Waals surface area contributed by atoms with Gasteiger partial charge in [0.15, 0.2) is 0 Å². The van der Waals surface area contributed by atoms with Gasteiger partial charge in [0.25, 0.3) is 5.91 Å². The summed E-state index contributed by atoms with van der Waals surface area (Å²) in [5.74, 6) is -0.701. The summed E-state index contributed by atoms with van der Waals surface area (Å²) in [6, 6.07) is 13.8. The normalized spacial score (nSPS) is 11.7.